The van der Waals surface area contributed by atoms with Crippen LogP contribution in [0.15, 0.2) is 24.3 Å². The van der Waals surface area contributed by atoms with Crippen molar-refractivity contribution in [2.45, 2.75) is 45.5 Å². The molecule has 0 aliphatic heterocycles. The Labute approximate surface area is 134 Å². The van der Waals surface area contributed by atoms with Gasteiger partial charge < -0.3 is 15.7 Å². The number of para-hydroxylation sites is 1. The molecule has 3 N–H and O–H groups in total. The number of halogens is 3. The maximum absolute atomic E-state index is 12.9. The van der Waals surface area contributed by atoms with Crippen LogP contribution in [0, 0.1) is 5.92 Å². The lowest BCUT2D eigenvalue weighted by Gasteiger charge is -2.24. The summed E-state index contributed by atoms with van der Waals surface area (Å²) in [4.78, 5) is 12.0. The summed E-state index contributed by atoms with van der Waals surface area (Å²) < 4.78 is 38.6. The summed E-state index contributed by atoms with van der Waals surface area (Å²) in [6, 6.07) is 4.65. The molecule has 0 spiro atoms. The Morgan fingerprint density at radius 1 is 1.22 bits per heavy atom. The summed E-state index contributed by atoms with van der Waals surface area (Å²) in [6.45, 7) is 5.54. The molecule has 0 saturated heterocycles. The first-order valence-corrected chi connectivity index (χ1v) is 7.48. The third kappa shape index (κ3) is 6.19. The van der Waals surface area contributed by atoms with Crippen molar-refractivity contribution in [3.63, 3.8) is 0 Å². The topological polar surface area (TPSA) is 61.4 Å². The summed E-state index contributed by atoms with van der Waals surface area (Å²) in [5.41, 5.74) is -1.11. The Morgan fingerprint density at radius 3 is 2.39 bits per heavy atom. The van der Waals surface area contributed by atoms with Crippen LogP contribution in [0.25, 0.3) is 0 Å². The monoisotopic (exact) mass is 332 g/mol. The fourth-order valence-electron chi connectivity index (χ4n) is 2.15. The number of hydrogen-bond donors (Lipinski definition) is 3. The molecule has 0 aliphatic carbocycles. The van der Waals surface area contributed by atoms with E-state index in [0.29, 0.717) is 0 Å². The lowest BCUT2D eigenvalue weighted by atomic mass is 10.0. The lowest BCUT2D eigenvalue weighted by Crippen LogP contribution is -2.41. The van der Waals surface area contributed by atoms with E-state index in [1.54, 1.807) is 6.92 Å². The minimum absolute atomic E-state index is 0.00902. The second kappa shape index (κ2) is 8.31. The van der Waals surface area contributed by atoms with Crippen molar-refractivity contribution in [1.82, 2.24) is 5.32 Å². The molecule has 1 rings (SSSR count). The Balaban J connectivity index is 2.64. The zero-order valence-electron chi connectivity index (χ0n) is 13.4. The zero-order valence-corrected chi connectivity index (χ0v) is 13.4. The van der Waals surface area contributed by atoms with Crippen molar-refractivity contribution in [1.29, 1.82) is 0 Å². The highest BCUT2D eigenvalue weighted by atomic mass is 19.4. The van der Waals surface area contributed by atoms with Crippen molar-refractivity contribution in [2.75, 3.05) is 11.9 Å². The molecule has 0 radical (unpaired) electrons. The fourth-order valence-corrected chi connectivity index (χ4v) is 2.15. The molecule has 130 valence electrons. The highest BCUT2D eigenvalue weighted by Gasteiger charge is 2.33. The molecular weight excluding hydrogens is 309 g/mol. The van der Waals surface area contributed by atoms with E-state index in [1.165, 1.54) is 18.2 Å². The van der Waals surface area contributed by atoms with Crippen LogP contribution in [0.3, 0.4) is 0 Å². The summed E-state index contributed by atoms with van der Waals surface area (Å²) in [7, 11) is 0. The quantitative estimate of drug-likeness (QED) is 0.719. The van der Waals surface area contributed by atoms with Crippen LogP contribution in [0.2, 0.25) is 0 Å². The number of aliphatic hydroxyl groups is 1. The average molecular weight is 332 g/mol. The normalized spacial score (nSPS) is 15.8. The standard InChI is InChI=1S/C16H23F3N2O2/c1-10(9-22)12(3)20-11(2)8-15(23)21-14-7-5-4-6-13(14)16(17,18)19/h4-7,10-12,20,22H,8-9H2,1-3H3,(H,21,23). The molecular formula is C16H23F3N2O2. The summed E-state index contributed by atoms with van der Waals surface area (Å²) >= 11 is 0. The van der Waals surface area contributed by atoms with Crippen LogP contribution in [0.5, 0.6) is 0 Å². The number of aliphatic hydroxyl groups excluding tert-OH is 1. The fraction of sp³-hybridized carbons (Fsp3) is 0.562. The van der Waals surface area contributed by atoms with E-state index in [2.05, 4.69) is 10.6 Å². The minimum atomic E-state index is -4.52. The Kier molecular flexibility index (Phi) is 7.02. The smallest absolute Gasteiger partial charge is 0.396 e. The summed E-state index contributed by atoms with van der Waals surface area (Å²) in [5, 5.41) is 14.5. The second-order valence-electron chi connectivity index (χ2n) is 5.81. The van der Waals surface area contributed by atoms with Crippen LogP contribution < -0.4 is 10.6 Å². The summed E-state index contributed by atoms with van der Waals surface area (Å²) in [6.07, 6.45) is -4.48. The third-order valence-corrected chi connectivity index (χ3v) is 3.69. The van der Waals surface area contributed by atoms with E-state index in [9.17, 15) is 18.0 Å². The molecule has 0 aliphatic rings. The lowest BCUT2D eigenvalue weighted by molar-refractivity contribution is -0.137. The van der Waals surface area contributed by atoms with E-state index >= 15 is 0 Å². The van der Waals surface area contributed by atoms with Crippen molar-refractivity contribution >= 4 is 11.6 Å². The van der Waals surface area contributed by atoms with Crippen molar-refractivity contribution in [3.05, 3.63) is 29.8 Å². The number of carbonyl (C=O) groups is 1. The number of anilines is 1. The van der Waals surface area contributed by atoms with Gasteiger partial charge in [0.2, 0.25) is 5.91 Å². The van der Waals surface area contributed by atoms with E-state index in [4.69, 9.17) is 5.11 Å². The van der Waals surface area contributed by atoms with E-state index in [-0.39, 0.29) is 36.7 Å². The molecule has 7 heteroatoms. The zero-order chi connectivity index (χ0) is 17.6. The van der Waals surface area contributed by atoms with Crippen LogP contribution in [0.1, 0.15) is 32.8 Å². The second-order valence-corrected chi connectivity index (χ2v) is 5.81. The van der Waals surface area contributed by atoms with Crippen LogP contribution >= 0.6 is 0 Å². The Bertz CT molecular complexity index is 520. The Morgan fingerprint density at radius 2 is 1.83 bits per heavy atom. The SMILES string of the molecule is CC(CC(=O)Nc1ccccc1C(F)(F)F)NC(C)C(C)CO. The van der Waals surface area contributed by atoms with Crippen LogP contribution in [-0.2, 0) is 11.0 Å². The van der Waals surface area contributed by atoms with Gasteiger partial charge in [0.25, 0.3) is 0 Å². The minimum Gasteiger partial charge on any atom is -0.396 e. The predicted octanol–water partition coefficient (Wildman–Crippen LogP) is 3.03. The molecule has 0 heterocycles. The number of rotatable bonds is 7. The van der Waals surface area contributed by atoms with Gasteiger partial charge >= 0.3 is 6.18 Å². The Hall–Kier alpha value is -1.60. The molecule has 0 saturated carbocycles. The van der Waals surface area contributed by atoms with E-state index < -0.39 is 17.6 Å². The molecule has 1 aromatic rings. The largest absolute Gasteiger partial charge is 0.418 e. The molecule has 4 nitrogen and oxygen atoms in total. The highest BCUT2D eigenvalue weighted by Crippen LogP contribution is 2.34. The molecule has 23 heavy (non-hydrogen) atoms. The number of nitrogens with one attached hydrogen (secondary N) is 2. The van der Waals surface area contributed by atoms with Gasteiger partial charge in [0, 0.05) is 25.1 Å². The average Bonchev–Trinajstić information content (AvgIpc) is 2.45. The highest BCUT2D eigenvalue weighted by molar-refractivity contribution is 5.92. The van der Waals surface area contributed by atoms with Gasteiger partial charge in [-0.15, -0.1) is 0 Å². The van der Waals surface area contributed by atoms with Crippen molar-refractivity contribution in [2.24, 2.45) is 5.92 Å². The van der Waals surface area contributed by atoms with Gasteiger partial charge in [-0.3, -0.25) is 4.79 Å². The number of hydrogen-bond acceptors (Lipinski definition) is 3. The molecule has 0 bridgehead atoms. The van der Waals surface area contributed by atoms with Gasteiger partial charge in [0.1, 0.15) is 0 Å². The molecule has 1 amide bonds. The van der Waals surface area contributed by atoms with Gasteiger partial charge in [-0.1, -0.05) is 19.1 Å². The first kappa shape index (κ1) is 19.4. The molecule has 1 aromatic carbocycles. The molecule has 3 atom stereocenters. The first-order chi connectivity index (χ1) is 10.6. The number of amides is 1. The maximum Gasteiger partial charge on any atom is 0.418 e. The van der Waals surface area contributed by atoms with Gasteiger partial charge in [0.05, 0.1) is 11.3 Å². The van der Waals surface area contributed by atoms with Crippen molar-refractivity contribution < 1.29 is 23.1 Å². The molecule has 0 aromatic heterocycles. The predicted molar refractivity (Wildman–Crippen MR) is 83.0 cm³/mol. The molecule has 0 fully saturated rings. The first-order valence-electron chi connectivity index (χ1n) is 7.48. The van der Waals surface area contributed by atoms with E-state index in [1.807, 2.05) is 13.8 Å². The van der Waals surface area contributed by atoms with E-state index in [0.717, 1.165) is 6.07 Å². The molecule has 3 unspecified atom stereocenters. The van der Waals surface area contributed by atoms with Gasteiger partial charge in [0.15, 0.2) is 0 Å². The van der Waals surface area contributed by atoms with Gasteiger partial charge in [-0.2, -0.15) is 13.2 Å². The van der Waals surface area contributed by atoms with Gasteiger partial charge in [-0.05, 0) is 31.9 Å². The number of carbonyl (C=O) groups excluding carboxylic acids is 1. The van der Waals surface area contributed by atoms with Crippen LogP contribution in [-0.4, -0.2) is 29.7 Å². The van der Waals surface area contributed by atoms with Gasteiger partial charge in [-0.25, -0.2) is 0 Å². The summed E-state index contributed by atoms with van der Waals surface area (Å²) in [5.74, 6) is -0.475. The third-order valence-electron chi connectivity index (χ3n) is 3.69. The number of benzene rings is 1. The number of alkyl halides is 3. The van der Waals surface area contributed by atoms with Crippen LogP contribution in [0.4, 0.5) is 18.9 Å². The van der Waals surface area contributed by atoms with Crippen molar-refractivity contribution in [3.8, 4) is 0 Å². The maximum atomic E-state index is 12.9.